The lowest BCUT2D eigenvalue weighted by Crippen LogP contribution is -2.69. The minimum absolute atomic E-state index is 0.276. The van der Waals surface area contributed by atoms with Gasteiger partial charge in [0.05, 0.1) is 6.04 Å². The highest BCUT2D eigenvalue weighted by Crippen LogP contribution is 2.21. The van der Waals surface area contributed by atoms with Gasteiger partial charge in [0.25, 0.3) is 5.91 Å². The van der Waals surface area contributed by atoms with Crippen molar-refractivity contribution in [3.8, 4) is 0 Å². The van der Waals surface area contributed by atoms with Gasteiger partial charge in [0.1, 0.15) is 18.2 Å². The van der Waals surface area contributed by atoms with Crippen molar-refractivity contribution in [2.75, 3.05) is 0 Å². The average Bonchev–Trinajstić information content (AvgIpc) is 2.44. The van der Waals surface area contributed by atoms with E-state index < -0.39 is 23.8 Å². The van der Waals surface area contributed by atoms with Gasteiger partial charge in [-0.15, -0.1) is 0 Å². The number of β-lactam (4-membered cyclic amide) rings is 1. The van der Waals surface area contributed by atoms with Gasteiger partial charge in [0.2, 0.25) is 0 Å². The second kappa shape index (κ2) is 6.36. The summed E-state index contributed by atoms with van der Waals surface area (Å²) in [6, 6.07) is 8.30. The normalized spacial score (nSPS) is 21.3. The molecule has 1 aromatic rings. The fourth-order valence-corrected chi connectivity index (χ4v) is 1.99. The number of ether oxygens (including phenoxy) is 1. The number of carbonyl (C=O) groups is 2. The van der Waals surface area contributed by atoms with Gasteiger partial charge in [-0.1, -0.05) is 30.3 Å². The third kappa shape index (κ3) is 3.98. The molecule has 0 unspecified atom stereocenters. The molecule has 0 aromatic heterocycles. The Bertz CT molecular complexity index is 539. The molecule has 119 valence electrons. The lowest BCUT2D eigenvalue weighted by Gasteiger charge is -2.43. The smallest absolute Gasteiger partial charge is 0.408 e. The van der Waals surface area contributed by atoms with Gasteiger partial charge in [-0.3, -0.25) is 9.63 Å². The number of carbonyl (C=O) groups excluding carboxylic acids is 2. The van der Waals surface area contributed by atoms with Crippen LogP contribution < -0.4 is 5.32 Å². The summed E-state index contributed by atoms with van der Waals surface area (Å²) in [5.41, 5.74) is 0.336. The molecule has 1 aliphatic heterocycles. The summed E-state index contributed by atoms with van der Waals surface area (Å²) in [7, 11) is 0. The number of amides is 2. The number of rotatable bonds is 4. The first-order chi connectivity index (χ1) is 10.3. The first kappa shape index (κ1) is 16.3. The van der Waals surface area contributed by atoms with Crippen LogP contribution in [0.3, 0.4) is 0 Å². The zero-order valence-electron chi connectivity index (χ0n) is 13.0. The van der Waals surface area contributed by atoms with E-state index in [0.717, 1.165) is 5.56 Å². The molecule has 22 heavy (non-hydrogen) atoms. The molecule has 1 N–H and O–H groups in total. The second-order valence-corrected chi connectivity index (χ2v) is 6.11. The van der Waals surface area contributed by atoms with Crippen LogP contribution in [0.2, 0.25) is 0 Å². The standard InChI is InChI=1S/C16H21N2O4/c1-11-13(17-15(20)22-16(2,3)4)14(19)18(11)21-10-12-8-6-5-7-9-12/h5-9,11,13H,1,10H2,2-4H3,(H,17,20)/t11-,13-/m0/s1. The van der Waals surface area contributed by atoms with Crippen LogP contribution >= 0.6 is 0 Å². The number of hydrogen-bond acceptors (Lipinski definition) is 4. The summed E-state index contributed by atoms with van der Waals surface area (Å²) >= 11 is 0. The van der Waals surface area contributed by atoms with Crippen LogP contribution in [-0.2, 0) is 21.0 Å². The molecule has 0 aliphatic carbocycles. The van der Waals surface area contributed by atoms with E-state index in [2.05, 4.69) is 12.2 Å². The van der Waals surface area contributed by atoms with Crippen LogP contribution in [0.25, 0.3) is 0 Å². The van der Waals surface area contributed by atoms with Crippen molar-refractivity contribution >= 4 is 12.0 Å². The van der Waals surface area contributed by atoms with Gasteiger partial charge >= 0.3 is 6.09 Å². The third-order valence-electron chi connectivity index (χ3n) is 3.05. The number of alkyl carbamates (subject to hydrolysis) is 1. The van der Waals surface area contributed by atoms with Crippen molar-refractivity contribution in [1.29, 1.82) is 0 Å². The molecule has 2 amide bonds. The van der Waals surface area contributed by atoms with Crippen LogP contribution in [-0.4, -0.2) is 34.7 Å². The Kier molecular flexibility index (Phi) is 4.71. The molecule has 2 rings (SSSR count). The minimum atomic E-state index is -0.717. The summed E-state index contributed by atoms with van der Waals surface area (Å²) in [6.45, 7) is 9.37. The first-order valence-corrected chi connectivity index (χ1v) is 7.10. The second-order valence-electron chi connectivity index (χ2n) is 6.11. The van der Waals surface area contributed by atoms with Crippen LogP contribution in [0.15, 0.2) is 30.3 Å². The molecule has 0 saturated carbocycles. The van der Waals surface area contributed by atoms with Crippen molar-refractivity contribution in [2.45, 2.75) is 45.1 Å². The molecule has 1 aromatic carbocycles. The molecule has 0 spiro atoms. The first-order valence-electron chi connectivity index (χ1n) is 7.10. The number of hydroxylamine groups is 2. The highest BCUT2D eigenvalue weighted by molar-refractivity contribution is 5.91. The topological polar surface area (TPSA) is 67.9 Å². The molecule has 6 heteroatoms. The van der Waals surface area contributed by atoms with Crippen molar-refractivity contribution in [3.63, 3.8) is 0 Å². The summed E-state index contributed by atoms with van der Waals surface area (Å²) in [6.07, 6.45) is -0.637. The summed E-state index contributed by atoms with van der Waals surface area (Å²) in [5.74, 6) is -0.332. The highest BCUT2D eigenvalue weighted by atomic mass is 16.7. The Hall–Kier alpha value is -2.08. The summed E-state index contributed by atoms with van der Waals surface area (Å²) in [4.78, 5) is 29.1. The Morgan fingerprint density at radius 1 is 1.32 bits per heavy atom. The zero-order chi connectivity index (χ0) is 16.3. The van der Waals surface area contributed by atoms with Crippen LogP contribution in [0.4, 0.5) is 4.79 Å². The van der Waals surface area contributed by atoms with Crippen molar-refractivity contribution in [2.24, 2.45) is 0 Å². The Labute approximate surface area is 130 Å². The fraction of sp³-hybridized carbons (Fsp3) is 0.438. The van der Waals surface area contributed by atoms with Gasteiger partial charge in [0, 0.05) is 0 Å². The molecule has 1 saturated heterocycles. The van der Waals surface area contributed by atoms with E-state index in [9.17, 15) is 9.59 Å². The Morgan fingerprint density at radius 2 is 1.95 bits per heavy atom. The van der Waals surface area contributed by atoms with Gasteiger partial charge < -0.3 is 10.1 Å². The van der Waals surface area contributed by atoms with Gasteiger partial charge in [0.15, 0.2) is 0 Å². The lowest BCUT2D eigenvalue weighted by molar-refractivity contribution is -0.233. The van der Waals surface area contributed by atoms with E-state index in [1.165, 1.54) is 5.06 Å². The van der Waals surface area contributed by atoms with E-state index in [-0.39, 0.29) is 12.5 Å². The van der Waals surface area contributed by atoms with E-state index in [1.54, 1.807) is 20.8 Å². The van der Waals surface area contributed by atoms with Crippen molar-refractivity contribution in [1.82, 2.24) is 10.4 Å². The van der Waals surface area contributed by atoms with Gasteiger partial charge in [-0.25, -0.2) is 9.86 Å². The predicted molar refractivity (Wildman–Crippen MR) is 80.4 cm³/mol. The quantitative estimate of drug-likeness (QED) is 0.865. The maximum atomic E-state index is 12.0. The number of nitrogens with zero attached hydrogens (tertiary/aromatic N) is 1. The summed E-state index contributed by atoms with van der Waals surface area (Å²) in [5, 5.41) is 3.68. The van der Waals surface area contributed by atoms with Crippen molar-refractivity contribution in [3.05, 3.63) is 42.8 Å². The number of benzene rings is 1. The SMILES string of the molecule is [CH2][C@H]1[C@H](NC(=O)OC(C)(C)C)C(=O)N1OCc1ccccc1. The number of hydrogen-bond donors (Lipinski definition) is 1. The van der Waals surface area contributed by atoms with Gasteiger partial charge in [-0.2, -0.15) is 0 Å². The molecule has 1 radical (unpaired) electrons. The lowest BCUT2D eigenvalue weighted by atomic mass is 10.0. The molecule has 2 atom stereocenters. The third-order valence-corrected chi connectivity index (χ3v) is 3.05. The zero-order valence-corrected chi connectivity index (χ0v) is 13.0. The Morgan fingerprint density at radius 3 is 2.50 bits per heavy atom. The largest absolute Gasteiger partial charge is 0.444 e. The van der Waals surface area contributed by atoms with E-state index >= 15 is 0 Å². The molecule has 0 bridgehead atoms. The maximum absolute atomic E-state index is 12.0. The molecular formula is C16H21N2O4. The monoisotopic (exact) mass is 305 g/mol. The molecule has 6 nitrogen and oxygen atoms in total. The highest BCUT2D eigenvalue weighted by Gasteiger charge is 2.47. The molecular weight excluding hydrogens is 284 g/mol. The van der Waals surface area contributed by atoms with Crippen LogP contribution in [0.1, 0.15) is 26.3 Å². The summed E-state index contributed by atoms with van der Waals surface area (Å²) < 4.78 is 5.12. The molecule has 1 aliphatic rings. The van der Waals surface area contributed by atoms with E-state index in [1.807, 2.05) is 30.3 Å². The Balaban J connectivity index is 1.82. The van der Waals surface area contributed by atoms with Crippen LogP contribution in [0, 0.1) is 6.92 Å². The average molecular weight is 305 g/mol. The molecule has 1 fully saturated rings. The van der Waals surface area contributed by atoms with Crippen molar-refractivity contribution < 1.29 is 19.2 Å². The van der Waals surface area contributed by atoms with E-state index in [0.29, 0.717) is 0 Å². The van der Waals surface area contributed by atoms with Gasteiger partial charge in [-0.05, 0) is 33.3 Å². The fourth-order valence-electron chi connectivity index (χ4n) is 1.99. The van der Waals surface area contributed by atoms with E-state index in [4.69, 9.17) is 9.57 Å². The number of nitrogens with one attached hydrogen (secondary N) is 1. The maximum Gasteiger partial charge on any atom is 0.408 e. The predicted octanol–water partition coefficient (Wildman–Crippen LogP) is 2.06. The molecule has 1 heterocycles. The van der Waals surface area contributed by atoms with Crippen LogP contribution in [0.5, 0.6) is 0 Å². The minimum Gasteiger partial charge on any atom is -0.444 e.